The highest BCUT2D eigenvalue weighted by Gasteiger charge is 2.28. The van der Waals surface area contributed by atoms with E-state index in [-0.39, 0.29) is 5.92 Å². The van der Waals surface area contributed by atoms with Crippen molar-refractivity contribution >= 4 is 11.0 Å². The Morgan fingerprint density at radius 2 is 2.12 bits per heavy atom. The van der Waals surface area contributed by atoms with Gasteiger partial charge in [-0.1, -0.05) is 12.1 Å². The number of aliphatic hydroxyl groups is 1. The largest absolute Gasteiger partial charge is 0.388 e. The van der Waals surface area contributed by atoms with Gasteiger partial charge >= 0.3 is 0 Å². The van der Waals surface area contributed by atoms with Gasteiger partial charge in [-0.25, -0.2) is 14.6 Å². The van der Waals surface area contributed by atoms with Crippen LogP contribution in [0.2, 0.25) is 0 Å². The SMILES string of the molecule is O[C@@H](c1cnc2c(cnn2-c2cccc(-c3ncn[nH]3)c2)c1)C1COC1. The molecule has 1 aliphatic heterocycles. The van der Waals surface area contributed by atoms with Crippen molar-refractivity contribution in [2.24, 2.45) is 5.92 Å². The van der Waals surface area contributed by atoms with Crippen LogP contribution >= 0.6 is 0 Å². The van der Waals surface area contributed by atoms with Crippen molar-refractivity contribution in [2.45, 2.75) is 6.10 Å². The number of rotatable bonds is 4. The predicted octanol–water partition coefficient (Wildman–Crippen LogP) is 1.89. The summed E-state index contributed by atoms with van der Waals surface area (Å²) in [7, 11) is 0. The quantitative estimate of drug-likeness (QED) is 0.584. The Labute approximate surface area is 148 Å². The minimum absolute atomic E-state index is 0.142. The molecule has 130 valence electrons. The second kappa shape index (κ2) is 6.01. The van der Waals surface area contributed by atoms with Crippen molar-refractivity contribution in [3.05, 3.63) is 54.6 Å². The van der Waals surface area contributed by atoms with Crippen LogP contribution in [0.5, 0.6) is 0 Å². The highest BCUT2D eigenvalue weighted by atomic mass is 16.5. The first kappa shape index (κ1) is 15.2. The molecule has 0 radical (unpaired) electrons. The Bertz CT molecular complexity index is 1050. The van der Waals surface area contributed by atoms with Gasteiger partial charge < -0.3 is 9.84 Å². The first-order valence-electron chi connectivity index (χ1n) is 8.35. The average molecular weight is 348 g/mol. The van der Waals surface area contributed by atoms with Gasteiger partial charge in [-0.2, -0.15) is 10.2 Å². The van der Waals surface area contributed by atoms with Gasteiger partial charge in [0.2, 0.25) is 0 Å². The molecule has 4 aromatic rings. The third-order valence-corrected chi connectivity index (χ3v) is 4.66. The first-order chi connectivity index (χ1) is 12.8. The number of benzene rings is 1. The molecule has 0 unspecified atom stereocenters. The number of aromatic amines is 1. The number of nitrogens with zero attached hydrogens (tertiary/aromatic N) is 5. The van der Waals surface area contributed by atoms with Crippen LogP contribution in [0.1, 0.15) is 11.7 Å². The van der Waals surface area contributed by atoms with Crippen LogP contribution in [0.15, 0.2) is 49.1 Å². The van der Waals surface area contributed by atoms with E-state index >= 15 is 0 Å². The molecular weight excluding hydrogens is 332 g/mol. The smallest absolute Gasteiger partial charge is 0.162 e. The highest BCUT2D eigenvalue weighted by molar-refractivity contribution is 5.77. The lowest BCUT2D eigenvalue weighted by atomic mass is 9.95. The molecule has 0 saturated carbocycles. The van der Waals surface area contributed by atoms with Gasteiger partial charge in [-0.15, -0.1) is 0 Å². The van der Waals surface area contributed by atoms with Gasteiger partial charge in [-0.05, 0) is 18.2 Å². The van der Waals surface area contributed by atoms with Gasteiger partial charge in [-0.3, -0.25) is 5.10 Å². The normalized spacial score (nSPS) is 15.9. The Morgan fingerprint density at radius 3 is 2.88 bits per heavy atom. The molecular formula is C18H16N6O2. The lowest BCUT2D eigenvalue weighted by Crippen LogP contribution is -2.33. The zero-order valence-electron chi connectivity index (χ0n) is 13.8. The van der Waals surface area contributed by atoms with Crippen LogP contribution in [-0.2, 0) is 4.74 Å². The molecule has 1 aromatic carbocycles. The molecule has 1 saturated heterocycles. The van der Waals surface area contributed by atoms with Crippen molar-refractivity contribution in [1.29, 1.82) is 0 Å². The lowest BCUT2D eigenvalue weighted by Gasteiger charge is -2.30. The van der Waals surface area contributed by atoms with Crippen LogP contribution in [0.3, 0.4) is 0 Å². The Balaban J connectivity index is 1.53. The van der Waals surface area contributed by atoms with E-state index in [2.05, 4.69) is 25.3 Å². The van der Waals surface area contributed by atoms with Gasteiger partial charge in [0, 0.05) is 28.6 Å². The van der Waals surface area contributed by atoms with Crippen LogP contribution in [0.4, 0.5) is 0 Å². The second-order valence-electron chi connectivity index (χ2n) is 6.36. The molecule has 4 heterocycles. The standard InChI is InChI=1S/C18H16N6O2/c25-16(14-8-26-9-14)12-4-13-7-22-24(18(13)19-6-12)15-3-1-2-11(5-15)17-20-10-21-23-17/h1-7,10,14,16,25H,8-9H2,(H,20,21,23)/t16-/m0/s1. The Morgan fingerprint density at radius 1 is 1.19 bits per heavy atom. The average Bonchev–Trinajstić information content (AvgIpc) is 3.29. The van der Waals surface area contributed by atoms with Crippen molar-refractivity contribution in [2.75, 3.05) is 13.2 Å². The zero-order chi connectivity index (χ0) is 17.5. The number of hydrogen-bond acceptors (Lipinski definition) is 6. The summed E-state index contributed by atoms with van der Waals surface area (Å²) < 4.78 is 6.94. The summed E-state index contributed by atoms with van der Waals surface area (Å²) in [5.41, 5.74) is 3.32. The van der Waals surface area contributed by atoms with Gasteiger partial charge in [0.25, 0.3) is 0 Å². The number of fused-ring (bicyclic) bond motifs is 1. The first-order valence-corrected chi connectivity index (χ1v) is 8.35. The highest BCUT2D eigenvalue weighted by Crippen LogP contribution is 2.29. The molecule has 1 fully saturated rings. The molecule has 3 aromatic heterocycles. The maximum Gasteiger partial charge on any atom is 0.162 e. The van der Waals surface area contributed by atoms with Crippen LogP contribution in [0.25, 0.3) is 28.1 Å². The van der Waals surface area contributed by atoms with E-state index in [0.29, 0.717) is 19.0 Å². The molecule has 0 aliphatic carbocycles. The van der Waals surface area contributed by atoms with Crippen molar-refractivity contribution in [3.63, 3.8) is 0 Å². The summed E-state index contributed by atoms with van der Waals surface area (Å²) >= 11 is 0. The fourth-order valence-corrected chi connectivity index (χ4v) is 3.13. The van der Waals surface area contributed by atoms with E-state index in [1.165, 1.54) is 6.33 Å². The predicted molar refractivity (Wildman–Crippen MR) is 93.5 cm³/mol. The van der Waals surface area contributed by atoms with Gasteiger partial charge in [0.1, 0.15) is 6.33 Å². The zero-order valence-corrected chi connectivity index (χ0v) is 13.8. The molecule has 26 heavy (non-hydrogen) atoms. The monoisotopic (exact) mass is 348 g/mol. The van der Waals surface area contributed by atoms with Crippen molar-refractivity contribution in [3.8, 4) is 17.1 Å². The third kappa shape index (κ3) is 2.47. The number of hydrogen-bond donors (Lipinski definition) is 2. The summed E-state index contributed by atoms with van der Waals surface area (Å²) in [5, 5.41) is 22.5. The number of aliphatic hydroxyl groups excluding tert-OH is 1. The van der Waals surface area contributed by atoms with E-state index < -0.39 is 6.10 Å². The molecule has 1 atom stereocenters. The topological polar surface area (TPSA) is 102 Å². The lowest BCUT2D eigenvalue weighted by molar-refractivity contribution is -0.0924. The molecule has 0 bridgehead atoms. The fourth-order valence-electron chi connectivity index (χ4n) is 3.13. The van der Waals surface area contributed by atoms with E-state index in [0.717, 1.165) is 27.8 Å². The van der Waals surface area contributed by atoms with Gasteiger partial charge in [0.05, 0.1) is 31.2 Å². The number of H-pyrrole nitrogens is 1. The van der Waals surface area contributed by atoms with E-state index in [1.807, 2.05) is 30.3 Å². The Hall–Kier alpha value is -3.10. The minimum Gasteiger partial charge on any atom is -0.388 e. The maximum atomic E-state index is 10.4. The molecule has 0 spiro atoms. The molecule has 5 rings (SSSR count). The van der Waals surface area contributed by atoms with Crippen LogP contribution in [-0.4, -0.2) is 48.3 Å². The molecule has 1 aliphatic rings. The number of ether oxygens (including phenoxy) is 1. The summed E-state index contributed by atoms with van der Waals surface area (Å²) in [6.45, 7) is 1.18. The molecule has 2 N–H and O–H groups in total. The molecule has 0 amide bonds. The summed E-state index contributed by atoms with van der Waals surface area (Å²) in [4.78, 5) is 8.72. The fraction of sp³-hybridized carbons (Fsp3) is 0.222. The maximum absolute atomic E-state index is 10.4. The van der Waals surface area contributed by atoms with E-state index in [4.69, 9.17) is 4.74 Å². The second-order valence-corrected chi connectivity index (χ2v) is 6.36. The Kier molecular flexibility index (Phi) is 3.51. The van der Waals surface area contributed by atoms with Crippen LogP contribution < -0.4 is 0 Å². The molecule has 8 heteroatoms. The van der Waals surface area contributed by atoms with Crippen molar-refractivity contribution < 1.29 is 9.84 Å². The van der Waals surface area contributed by atoms with Crippen molar-refractivity contribution in [1.82, 2.24) is 29.9 Å². The summed E-state index contributed by atoms with van der Waals surface area (Å²) in [5.74, 6) is 0.840. The number of pyridine rings is 1. The van der Waals surface area contributed by atoms with Crippen LogP contribution in [0, 0.1) is 5.92 Å². The van der Waals surface area contributed by atoms with E-state index in [1.54, 1.807) is 17.1 Å². The summed E-state index contributed by atoms with van der Waals surface area (Å²) in [6.07, 6.45) is 4.40. The number of aromatic nitrogens is 6. The minimum atomic E-state index is -0.557. The van der Waals surface area contributed by atoms with Gasteiger partial charge in [0.15, 0.2) is 11.5 Å². The third-order valence-electron chi connectivity index (χ3n) is 4.66. The number of nitrogens with one attached hydrogen (secondary N) is 1. The summed E-state index contributed by atoms with van der Waals surface area (Å²) in [6, 6.07) is 9.77. The molecule has 8 nitrogen and oxygen atoms in total. The van der Waals surface area contributed by atoms with E-state index in [9.17, 15) is 5.11 Å².